The number of aliphatic hydroxyl groups is 1. The fourth-order valence-corrected chi connectivity index (χ4v) is 4.98. The molecule has 1 aromatic heterocycles. The minimum absolute atomic E-state index is 0.0363. The summed E-state index contributed by atoms with van der Waals surface area (Å²) in [6.45, 7) is 6.60. The maximum Gasteiger partial charge on any atom is 0.0836 e. The highest BCUT2D eigenvalue weighted by Crippen LogP contribution is 2.44. The van der Waals surface area contributed by atoms with Gasteiger partial charge in [-0.1, -0.05) is 20.8 Å². The molecule has 0 saturated carbocycles. The van der Waals surface area contributed by atoms with Crippen molar-refractivity contribution in [1.82, 2.24) is 0 Å². The Morgan fingerprint density at radius 2 is 2.00 bits per heavy atom. The number of thiophene rings is 1. The zero-order valence-corrected chi connectivity index (χ0v) is 12.6. The molecule has 1 saturated heterocycles. The number of thioether (sulfide) groups is 1. The van der Waals surface area contributed by atoms with E-state index in [2.05, 4.69) is 32.9 Å². The van der Waals surface area contributed by atoms with Crippen LogP contribution in [0.5, 0.6) is 0 Å². The van der Waals surface area contributed by atoms with Crippen LogP contribution in [0.1, 0.15) is 36.9 Å². The SMILES string of the molecule is CCc1ccc(CC2(O)CSCCC2(C)C)s1. The summed E-state index contributed by atoms with van der Waals surface area (Å²) in [5, 5.41) is 10.9. The molecule has 0 aliphatic carbocycles. The normalized spacial score (nSPS) is 28.2. The average Bonchev–Trinajstić information content (AvgIpc) is 2.70. The molecule has 1 aliphatic rings. The third-order valence-electron chi connectivity index (χ3n) is 4.00. The van der Waals surface area contributed by atoms with E-state index in [4.69, 9.17) is 0 Å². The van der Waals surface area contributed by atoms with Crippen LogP contribution in [0.25, 0.3) is 0 Å². The highest BCUT2D eigenvalue weighted by molar-refractivity contribution is 7.99. The van der Waals surface area contributed by atoms with Crippen LogP contribution in [0.3, 0.4) is 0 Å². The molecule has 0 radical (unpaired) electrons. The van der Waals surface area contributed by atoms with Crippen LogP contribution in [0.2, 0.25) is 0 Å². The molecule has 0 bridgehead atoms. The number of hydrogen-bond donors (Lipinski definition) is 1. The Hall–Kier alpha value is 0.01000. The summed E-state index contributed by atoms with van der Waals surface area (Å²) in [5.41, 5.74) is -0.500. The van der Waals surface area contributed by atoms with E-state index in [-0.39, 0.29) is 5.41 Å². The van der Waals surface area contributed by atoms with Crippen LogP contribution >= 0.6 is 23.1 Å². The van der Waals surface area contributed by atoms with Gasteiger partial charge in [-0.05, 0) is 36.1 Å². The van der Waals surface area contributed by atoms with Gasteiger partial charge in [-0.2, -0.15) is 11.8 Å². The van der Waals surface area contributed by atoms with Crippen molar-refractivity contribution in [2.75, 3.05) is 11.5 Å². The molecular formula is C14H22OS2. The summed E-state index contributed by atoms with van der Waals surface area (Å²) in [6, 6.07) is 4.39. The predicted octanol–water partition coefficient (Wildman–Crippen LogP) is 3.75. The van der Waals surface area contributed by atoms with Crippen LogP contribution in [0, 0.1) is 5.41 Å². The molecule has 1 nitrogen and oxygen atoms in total. The Kier molecular flexibility index (Phi) is 3.91. The van der Waals surface area contributed by atoms with Crippen molar-refractivity contribution in [2.24, 2.45) is 5.41 Å². The smallest absolute Gasteiger partial charge is 0.0836 e. The second kappa shape index (κ2) is 4.94. The number of aryl methyl sites for hydroxylation is 1. The Morgan fingerprint density at radius 1 is 1.29 bits per heavy atom. The Bertz CT molecular complexity index is 383. The standard InChI is InChI=1S/C14H22OS2/c1-4-11-5-6-12(17-11)9-14(15)10-16-8-7-13(14,2)3/h5-6,15H,4,7-10H2,1-3H3. The van der Waals surface area contributed by atoms with Crippen molar-refractivity contribution in [1.29, 1.82) is 0 Å². The highest BCUT2D eigenvalue weighted by Gasteiger charge is 2.45. The maximum absolute atomic E-state index is 10.9. The molecule has 2 rings (SSSR count). The largest absolute Gasteiger partial charge is 0.388 e. The van der Waals surface area contributed by atoms with Crippen molar-refractivity contribution < 1.29 is 5.11 Å². The van der Waals surface area contributed by atoms with Crippen molar-refractivity contribution in [3.05, 3.63) is 21.9 Å². The van der Waals surface area contributed by atoms with E-state index >= 15 is 0 Å². The van der Waals surface area contributed by atoms with E-state index in [1.165, 1.54) is 15.5 Å². The first-order valence-corrected chi connectivity index (χ1v) is 8.32. The molecule has 1 aromatic rings. The molecule has 1 atom stereocenters. The molecule has 0 amide bonds. The fraction of sp³-hybridized carbons (Fsp3) is 0.714. The van der Waals surface area contributed by atoms with Gasteiger partial charge in [-0.15, -0.1) is 11.3 Å². The van der Waals surface area contributed by atoms with Crippen molar-refractivity contribution in [3.63, 3.8) is 0 Å². The first kappa shape index (κ1) is 13.4. The quantitative estimate of drug-likeness (QED) is 0.903. The van der Waals surface area contributed by atoms with E-state index in [0.29, 0.717) is 0 Å². The molecule has 1 aliphatic heterocycles. The van der Waals surface area contributed by atoms with E-state index in [0.717, 1.165) is 25.0 Å². The minimum Gasteiger partial charge on any atom is -0.388 e. The first-order valence-electron chi connectivity index (χ1n) is 6.34. The van der Waals surface area contributed by atoms with Gasteiger partial charge in [-0.25, -0.2) is 0 Å². The van der Waals surface area contributed by atoms with Gasteiger partial charge in [0.2, 0.25) is 0 Å². The van der Waals surface area contributed by atoms with E-state index in [1.807, 2.05) is 23.1 Å². The zero-order chi connectivity index (χ0) is 12.5. The van der Waals surface area contributed by atoms with Gasteiger partial charge < -0.3 is 5.11 Å². The summed E-state index contributed by atoms with van der Waals surface area (Å²) in [7, 11) is 0. The molecule has 1 fully saturated rings. The summed E-state index contributed by atoms with van der Waals surface area (Å²) < 4.78 is 0. The van der Waals surface area contributed by atoms with Gasteiger partial charge >= 0.3 is 0 Å². The maximum atomic E-state index is 10.9. The molecule has 2 heterocycles. The fourth-order valence-electron chi connectivity index (χ4n) is 2.28. The van der Waals surface area contributed by atoms with Crippen LogP contribution < -0.4 is 0 Å². The zero-order valence-electron chi connectivity index (χ0n) is 11.0. The lowest BCUT2D eigenvalue weighted by Crippen LogP contribution is -2.51. The van der Waals surface area contributed by atoms with E-state index in [1.54, 1.807) is 0 Å². The summed E-state index contributed by atoms with van der Waals surface area (Å²) in [6.07, 6.45) is 3.03. The average molecular weight is 270 g/mol. The van der Waals surface area contributed by atoms with E-state index < -0.39 is 5.60 Å². The van der Waals surface area contributed by atoms with Gasteiger partial charge in [0, 0.05) is 21.9 Å². The molecule has 96 valence electrons. The molecule has 17 heavy (non-hydrogen) atoms. The third-order valence-corrected chi connectivity index (χ3v) is 6.41. The Morgan fingerprint density at radius 3 is 2.59 bits per heavy atom. The molecule has 3 heteroatoms. The topological polar surface area (TPSA) is 20.2 Å². The summed E-state index contributed by atoms with van der Waals surface area (Å²) >= 11 is 3.75. The lowest BCUT2D eigenvalue weighted by molar-refractivity contribution is -0.0507. The second-order valence-electron chi connectivity index (χ2n) is 5.62. The molecule has 1 unspecified atom stereocenters. The Labute approximate surface area is 113 Å². The van der Waals surface area contributed by atoms with Crippen LogP contribution in [0.4, 0.5) is 0 Å². The number of hydrogen-bond acceptors (Lipinski definition) is 3. The third kappa shape index (κ3) is 2.72. The first-order chi connectivity index (χ1) is 7.97. The predicted molar refractivity (Wildman–Crippen MR) is 78.1 cm³/mol. The van der Waals surface area contributed by atoms with Crippen molar-refractivity contribution >= 4 is 23.1 Å². The van der Waals surface area contributed by atoms with Gasteiger partial charge in [0.15, 0.2) is 0 Å². The monoisotopic (exact) mass is 270 g/mol. The summed E-state index contributed by atoms with van der Waals surface area (Å²) in [5.74, 6) is 2.05. The van der Waals surface area contributed by atoms with Crippen LogP contribution in [-0.2, 0) is 12.8 Å². The second-order valence-corrected chi connectivity index (χ2v) is 7.97. The van der Waals surface area contributed by atoms with Gasteiger partial charge in [0.1, 0.15) is 0 Å². The van der Waals surface area contributed by atoms with Gasteiger partial charge in [-0.3, -0.25) is 0 Å². The molecule has 0 spiro atoms. The molecule has 0 aromatic carbocycles. The highest BCUT2D eigenvalue weighted by atomic mass is 32.2. The van der Waals surface area contributed by atoms with E-state index in [9.17, 15) is 5.11 Å². The number of rotatable bonds is 3. The Balaban J connectivity index is 2.15. The van der Waals surface area contributed by atoms with Crippen molar-refractivity contribution in [2.45, 2.75) is 45.6 Å². The van der Waals surface area contributed by atoms with Crippen LogP contribution in [-0.4, -0.2) is 22.2 Å². The molecular weight excluding hydrogens is 248 g/mol. The van der Waals surface area contributed by atoms with Crippen LogP contribution in [0.15, 0.2) is 12.1 Å². The van der Waals surface area contributed by atoms with Gasteiger partial charge in [0.25, 0.3) is 0 Å². The van der Waals surface area contributed by atoms with Gasteiger partial charge in [0.05, 0.1) is 5.60 Å². The summed E-state index contributed by atoms with van der Waals surface area (Å²) in [4.78, 5) is 2.75. The lowest BCUT2D eigenvalue weighted by atomic mass is 9.71. The minimum atomic E-state index is -0.536. The van der Waals surface area contributed by atoms with Crippen molar-refractivity contribution in [3.8, 4) is 0 Å². The lowest BCUT2D eigenvalue weighted by Gasteiger charge is -2.46. The molecule has 1 N–H and O–H groups in total.